The van der Waals surface area contributed by atoms with Crippen LogP contribution in [0.4, 0.5) is 0 Å². The second-order valence-corrected chi connectivity index (χ2v) is 4.96. The first kappa shape index (κ1) is 12.3. The van der Waals surface area contributed by atoms with Gasteiger partial charge in [-0.2, -0.15) is 4.68 Å². The topological polar surface area (TPSA) is 56.5 Å². The van der Waals surface area contributed by atoms with Crippen molar-refractivity contribution in [3.8, 4) is 5.69 Å². The van der Waals surface area contributed by atoms with Crippen LogP contribution in [-0.4, -0.2) is 25.0 Å². The van der Waals surface area contributed by atoms with Crippen LogP contribution in [-0.2, 0) is 0 Å². The predicted molar refractivity (Wildman–Crippen MR) is 73.9 cm³/mol. The van der Waals surface area contributed by atoms with E-state index in [0.717, 1.165) is 11.3 Å². The average molecular weight is 294 g/mol. The Bertz CT molecular complexity index is 781. The highest BCUT2D eigenvalue weighted by Gasteiger charge is 2.14. The van der Waals surface area contributed by atoms with Crippen molar-refractivity contribution in [3.63, 3.8) is 0 Å². The molecule has 0 aliphatic heterocycles. The summed E-state index contributed by atoms with van der Waals surface area (Å²) in [5.74, 6) is 0.577. The zero-order valence-corrected chi connectivity index (χ0v) is 11.7. The molecule has 0 saturated heterocycles. The van der Waals surface area contributed by atoms with E-state index in [0.29, 0.717) is 27.2 Å². The largest absolute Gasteiger partial charge is 0.219 e. The van der Waals surface area contributed by atoms with E-state index >= 15 is 0 Å². The Morgan fingerprint density at radius 2 is 1.89 bits per heavy atom. The Morgan fingerprint density at radius 3 is 2.63 bits per heavy atom. The molecule has 0 bridgehead atoms. The van der Waals surface area contributed by atoms with Crippen molar-refractivity contribution in [2.24, 2.45) is 0 Å². The molecule has 0 amide bonds. The molecule has 3 aromatic rings. The van der Waals surface area contributed by atoms with Crippen LogP contribution in [0.3, 0.4) is 0 Å². The van der Waals surface area contributed by atoms with Gasteiger partial charge in [0.25, 0.3) is 0 Å². The fourth-order valence-electron chi connectivity index (χ4n) is 1.90. The second-order valence-electron chi connectivity index (χ2n) is 4.17. The average Bonchev–Trinajstić information content (AvgIpc) is 2.73. The van der Waals surface area contributed by atoms with Gasteiger partial charge in [-0.15, -0.1) is 5.10 Å². The number of fused-ring (bicyclic) bond motifs is 1. The molecule has 0 atom stereocenters. The molecule has 5 nitrogen and oxygen atoms in total. The number of aryl methyl sites for hydroxylation is 2. The molecule has 0 saturated carbocycles. The van der Waals surface area contributed by atoms with E-state index in [1.807, 2.05) is 19.1 Å². The number of nitrogens with zero attached hydrogens (tertiary/aromatic N) is 5. The van der Waals surface area contributed by atoms with Gasteiger partial charge >= 0.3 is 0 Å². The maximum Gasteiger partial charge on any atom is 0.188 e. The summed E-state index contributed by atoms with van der Waals surface area (Å²) in [4.78, 5) is 8.41. The summed E-state index contributed by atoms with van der Waals surface area (Å²) in [6.07, 6.45) is 0. The molecule has 1 aromatic carbocycles. The lowest BCUT2D eigenvalue weighted by atomic mass is 10.2. The molecule has 2 aromatic heterocycles. The molecule has 0 fully saturated rings. The Labute approximate surface area is 119 Å². The summed E-state index contributed by atoms with van der Waals surface area (Å²) in [7, 11) is 0. The molecule has 0 unspecified atom stereocenters. The fourth-order valence-corrected chi connectivity index (χ4v) is 2.37. The maximum absolute atomic E-state index is 6.04. The third kappa shape index (κ3) is 2.05. The third-order valence-electron chi connectivity index (χ3n) is 2.76. The summed E-state index contributed by atoms with van der Waals surface area (Å²) in [5.41, 5.74) is 2.91. The number of rotatable bonds is 1. The van der Waals surface area contributed by atoms with Gasteiger partial charge in [-0.05, 0) is 37.6 Å². The minimum atomic E-state index is 0.306. The van der Waals surface area contributed by atoms with Crippen LogP contribution >= 0.6 is 23.2 Å². The lowest BCUT2D eigenvalue weighted by Gasteiger charge is -2.06. The summed E-state index contributed by atoms with van der Waals surface area (Å²) in [5, 5.41) is 9.10. The molecular weight excluding hydrogens is 285 g/mol. The lowest BCUT2D eigenvalue weighted by Crippen LogP contribution is -2.01. The van der Waals surface area contributed by atoms with Crippen molar-refractivity contribution in [1.82, 2.24) is 25.0 Å². The van der Waals surface area contributed by atoms with Crippen molar-refractivity contribution in [1.29, 1.82) is 0 Å². The summed E-state index contributed by atoms with van der Waals surface area (Å²) >= 11 is 12.0. The summed E-state index contributed by atoms with van der Waals surface area (Å²) in [6, 6.07) is 5.53. The molecule has 96 valence electrons. The first-order chi connectivity index (χ1) is 9.06. The van der Waals surface area contributed by atoms with Gasteiger partial charge in [0.05, 0.1) is 5.69 Å². The van der Waals surface area contributed by atoms with Crippen LogP contribution < -0.4 is 0 Å². The molecule has 0 aliphatic carbocycles. The first-order valence-corrected chi connectivity index (χ1v) is 6.34. The molecule has 0 aliphatic rings. The quantitative estimate of drug-likeness (QED) is 0.647. The van der Waals surface area contributed by atoms with Crippen LogP contribution in [0.25, 0.3) is 16.9 Å². The lowest BCUT2D eigenvalue weighted by molar-refractivity contribution is 0.811. The Hall–Kier alpha value is -1.72. The zero-order valence-electron chi connectivity index (χ0n) is 10.2. The molecule has 0 N–H and O–H groups in total. The summed E-state index contributed by atoms with van der Waals surface area (Å²) in [6.45, 7) is 3.72. The normalized spacial score (nSPS) is 11.2. The number of hydrogen-bond acceptors (Lipinski definition) is 4. The van der Waals surface area contributed by atoms with E-state index in [1.54, 1.807) is 17.7 Å². The van der Waals surface area contributed by atoms with Crippen molar-refractivity contribution < 1.29 is 0 Å². The van der Waals surface area contributed by atoms with E-state index in [1.165, 1.54) is 0 Å². The van der Waals surface area contributed by atoms with Crippen molar-refractivity contribution in [2.45, 2.75) is 13.8 Å². The van der Waals surface area contributed by atoms with E-state index in [-0.39, 0.29) is 0 Å². The van der Waals surface area contributed by atoms with Gasteiger partial charge in [0.15, 0.2) is 16.3 Å². The molecule has 3 rings (SSSR count). The van der Waals surface area contributed by atoms with Crippen molar-refractivity contribution in [2.75, 3.05) is 0 Å². The molecule has 0 spiro atoms. The number of hydrogen-bond donors (Lipinski definition) is 0. The van der Waals surface area contributed by atoms with Crippen LogP contribution in [0.2, 0.25) is 10.2 Å². The SMILES string of the molecule is Cc1nc(Cl)c2nnn(-c3ccc(Cl)cc3C)c2n1. The second kappa shape index (κ2) is 4.43. The van der Waals surface area contributed by atoms with E-state index in [9.17, 15) is 0 Å². The van der Waals surface area contributed by atoms with E-state index in [2.05, 4.69) is 20.3 Å². The van der Waals surface area contributed by atoms with E-state index < -0.39 is 0 Å². The number of aromatic nitrogens is 5. The van der Waals surface area contributed by atoms with Gasteiger partial charge < -0.3 is 0 Å². The van der Waals surface area contributed by atoms with Gasteiger partial charge in [-0.3, -0.25) is 0 Å². The fraction of sp³-hybridized carbons (Fsp3) is 0.167. The minimum Gasteiger partial charge on any atom is -0.219 e. The molecule has 2 heterocycles. The van der Waals surface area contributed by atoms with Gasteiger partial charge in [0.1, 0.15) is 5.82 Å². The Morgan fingerprint density at radius 1 is 1.11 bits per heavy atom. The third-order valence-corrected chi connectivity index (χ3v) is 3.26. The highest BCUT2D eigenvalue weighted by Crippen LogP contribution is 2.23. The molecule has 0 radical (unpaired) electrons. The molecule has 19 heavy (non-hydrogen) atoms. The van der Waals surface area contributed by atoms with Crippen LogP contribution in [0.15, 0.2) is 18.2 Å². The molecular formula is C12H9Cl2N5. The highest BCUT2D eigenvalue weighted by molar-refractivity contribution is 6.33. The number of benzene rings is 1. The highest BCUT2D eigenvalue weighted by atomic mass is 35.5. The minimum absolute atomic E-state index is 0.306. The monoisotopic (exact) mass is 293 g/mol. The van der Waals surface area contributed by atoms with Crippen LogP contribution in [0.1, 0.15) is 11.4 Å². The molecule has 7 heteroatoms. The zero-order chi connectivity index (χ0) is 13.6. The van der Waals surface area contributed by atoms with Crippen molar-refractivity contribution in [3.05, 3.63) is 39.8 Å². The van der Waals surface area contributed by atoms with Gasteiger partial charge in [-0.25, -0.2) is 9.97 Å². The van der Waals surface area contributed by atoms with Crippen molar-refractivity contribution >= 4 is 34.4 Å². The van der Waals surface area contributed by atoms with Gasteiger partial charge in [0.2, 0.25) is 0 Å². The number of halogens is 2. The predicted octanol–water partition coefficient (Wildman–Crippen LogP) is 3.13. The summed E-state index contributed by atoms with van der Waals surface area (Å²) < 4.78 is 1.64. The first-order valence-electron chi connectivity index (χ1n) is 5.58. The van der Waals surface area contributed by atoms with Gasteiger partial charge in [-0.1, -0.05) is 28.4 Å². The van der Waals surface area contributed by atoms with E-state index in [4.69, 9.17) is 23.2 Å². The van der Waals surface area contributed by atoms with Crippen LogP contribution in [0.5, 0.6) is 0 Å². The maximum atomic E-state index is 6.04. The Kier molecular flexibility index (Phi) is 2.88. The van der Waals surface area contributed by atoms with Crippen LogP contribution in [0, 0.1) is 13.8 Å². The smallest absolute Gasteiger partial charge is 0.188 e. The van der Waals surface area contributed by atoms with Gasteiger partial charge in [0, 0.05) is 5.02 Å². The standard InChI is InChI=1S/C12H9Cl2N5/c1-6-5-8(13)3-4-9(6)19-12-10(17-18-19)11(14)15-7(2)16-12/h3-5H,1-2H3. The Balaban J connectivity index is 2.31.